The number of amides is 1. The fourth-order valence-electron chi connectivity index (χ4n) is 2.60. The van der Waals surface area contributed by atoms with E-state index in [9.17, 15) is 9.59 Å². The summed E-state index contributed by atoms with van der Waals surface area (Å²) in [5.41, 5.74) is 2.41. The highest BCUT2D eigenvalue weighted by Gasteiger charge is 2.07. The zero-order chi connectivity index (χ0) is 18.2. The second-order valence-corrected chi connectivity index (χ2v) is 5.89. The minimum atomic E-state index is -0.303. The highest BCUT2D eigenvalue weighted by atomic mass is 16.2. The van der Waals surface area contributed by atoms with Gasteiger partial charge in [-0.2, -0.15) is 5.10 Å². The van der Waals surface area contributed by atoms with Gasteiger partial charge in [0.25, 0.3) is 5.56 Å². The van der Waals surface area contributed by atoms with Gasteiger partial charge in [0.05, 0.1) is 5.69 Å². The average Bonchev–Trinajstić information content (AvgIpc) is 2.68. The van der Waals surface area contributed by atoms with Crippen molar-refractivity contribution in [2.24, 2.45) is 0 Å². The molecule has 26 heavy (non-hydrogen) atoms. The molecular weight excluding hydrogens is 328 g/mol. The molecule has 1 aromatic carbocycles. The normalized spacial score (nSPS) is 10.5. The first kappa shape index (κ1) is 17.5. The molecule has 0 saturated carbocycles. The standard InChI is InChI=1S/C20H20N4O2/c25-19(22-12-4-7-16-5-2-1-3-6-16)15-24-20(26)9-8-18(23-24)17-10-13-21-14-11-17/h1-3,5-6,8-11,13-14H,4,7,12,15H2,(H,22,25). The number of rotatable bonds is 7. The minimum Gasteiger partial charge on any atom is -0.354 e. The molecule has 6 nitrogen and oxygen atoms in total. The van der Waals surface area contributed by atoms with Crippen LogP contribution in [0.15, 0.2) is 71.8 Å². The Kier molecular flexibility index (Phi) is 5.88. The van der Waals surface area contributed by atoms with Crippen molar-refractivity contribution >= 4 is 5.91 Å². The van der Waals surface area contributed by atoms with Gasteiger partial charge in [0.1, 0.15) is 6.54 Å². The van der Waals surface area contributed by atoms with Gasteiger partial charge in [-0.25, -0.2) is 4.68 Å². The number of carbonyl (C=O) groups excluding carboxylic acids is 1. The van der Waals surface area contributed by atoms with Gasteiger partial charge in [0.2, 0.25) is 5.91 Å². The number of benzene rings is 1. The van der Waals surface area contributed by atoms with Crippen molar-refractivity contribution in [1.29, 1.82) is 0 Å². The van der Waals surface area contributed by atoms with E-state index >= 15 is 0 Å². The number of hydrogen-bond donors (Lipinski definition) is 1. The Hall–Kier alpha value is -3.28. The van der Waals surface area contributed by atoms with Gasteiger partial charge < -0.3 is 5.32 Å². The van der Waals surface area contributed by atoms with Crippen LogP contribution in [-0.4, -0.2) is 27.2 Å². The number of nitrogens with zero attached hydrogens (tertiary/aromatic N) is 3. The SMILES string of the molecule is O=C(Cn1nc(-c2ccncc2)ccc1=O)NCCCc1ccccc1. The maximum atomic E-state index is 12.1. The van der Waals surface area contributed by atoms with Crippen molar-refractivity contribution < 1.29 is 4.79 Å². The Bertz CT molecular complexity index is 908. The Morgan fingerprint density at radius 2 is 1.77 bits per heavy atom. The minimum absolute atomic E-state index is 0.0942. The molecule has 1 N–H and O–H groups in total. The molecule has 2 aromatic heterocycles. The predicted octanol–water partition coefficient (Wildman–Crippen LogP) is 2.05. The van der Waals surface area contributed by atoms with Gasteiger partial charge in [-0.05, 0) is 36.6 Å². The van der Waals surface area contributed by atoms with E-state index in [0.29, 0.717) is 12.2 Å². The quantitative estimate of drug-likeness (QED) is 0.663. The predicted molar refractivity (Wildman–Crippen MR) is 99.5 cm³/mol. The molecule has 0 aliphatic carbocycles. The van der Waals surface area contributed by atoms with Crippen molar-refractivity contribution in [3.05, 3.63) is 82.9 Å². The van der Waals surface area contributed by atoms with Crippen LogP contribution in [-0.2, 0) is 17.8 Å². The van der Waals surface area contributed by atoms with Crippen molar-refractivity contribution in [2.75, 3.05) is 6.54 Å². The zero-order valence-electron chi connectivity index (χ0n) is 14.3. The third-order valence-electron chi connectivity index (χ3n) is 3.94. The molecule has 0 atom stereocenters. The highest BCUT2D eigenvalue weighted by molar-refractivity contribution is 5.75. The first-order valence-corrected chi connectivity index (χ1v) is 8.51. The third-order valence-corrected chi connectivity index (χ3v) is 3.94. The monoisotopic (exact) mass is 348 g/mol. The van der Waals surface area contributed by atoms with Crippen molar-refractivity contribution in [3.8, 4) is 11.3 Å². The van der Waals surface area contributed by atoms with Crippen molar-refractivity contribution in [2.45, 2.75) is 19.4 Å². The van der Waals surface area contributed by atoms with Gasteiger partial charge in [0, 0.05) is 30.6 Å². The van der Waals surface area contributed by atoms with Crippen LogP contribution in [0.3, 0.4) is 0 Å². The van der Waals surface area contributed by atoms with Gasteiger partial charge >= 0.3 is 0 Å². The molecule has 0 radical (unpaired) electrons. The van der Waals surface area contributed by atoms with E-state index in [1.165, 1.54) is 16.3 Å². The number of carbonyl (C=O) groups is 1. The summed E-state index contributed by atoms with van der Waals surface area (Å²) in [6, 6.07) is 16.8. The summed E-state index contributed by atoms with van der Waals surface area (Å²) in [6.07, 6.45) is 5.06. The summed E-state index contributed by atoms with van der Waals surface area (Å²) in [5.74, 6) is -0.223. The lowest BCUT2D eigenvalue weighted by Crippen LogP contribution is -2.34. The first-order chi connectivity index (χ1) is 12.7. The van der Waals surface area contributed by atoms with Crippen molar-refractivity contribution in [3.63, 3.8) is 0 Å². The molecule has 2 heterocycles. The molecule has 3 rings (SSSR count). The number of aryl methyl sites for hydroxylation is 1. The Balaban J connectivity index is 1.54. The summed E-state index contributed by atoms with van der Waals surface area (Å²) in [6.45, 7) is 0.468. The fraction of sp³-hybridized carbons (Fsp3) is 0.200. The number of pyridine rings is 1. The summed E-state index contributed by atoms with van der Waals surface area (Å²) in [4.78, 5) is 28.0. The number of aromatic nitrogens is 3. The largest absolute Gasteiger partial charge is 0.354 e. The third kappa shape index (κ3) is 4.86. The summed E-state index contributed by atoms with van der Waals surface area (Å²) in [7, 11) is 0. The lowest BCUT2D eigenvalue weighted by atomic mass is 10.1. The van der Waals surface area contributed by atoms with E-state index in [1.807, 2.05) is 18.2 Å². The molecule has 0 saturated heterocycles. The highest BCUT2D eigenvalue weighted by Crippen LogP contribution is 2.12. The Morgan fingerprint density at radius 3 is 2.54 bits per heavy atom. The first-order valence-electron chi connectivity index (χ1n) is 8.51. The van der Waals surface area contributed by atoms with Crippen LogP contribution in [0.5, 0.6) is 0 Å². The van der Waals surface area contributed by atoms with E-state index in [4.69, 9.17) is 0 Å². The van der Waals surface area contributed by atoms with Crippen LogP contribution in [0.1, 0.15) is 12.0 Å². The van der Waals surface area contributed by atoms with E-state index in [0.717, 1.165) is 18.4 Å². The smallest absolute Gasteiger partial charge is 0.267 e. The van der Waals surface area contributed by atoms with Crippen LogP contribution in [0.2, 0.25) is 0 Å². The molecule has 0 aliphatic rings. The number of hydrogen-bond acceptors (Lipinski definition) is 4. The maximum Gasteiger partial charge on any atom is 0.267 e. The van der Waals surface area contributed by atoms with Crippen LogP contribution >= 0.6 is 0 Å². The van der Waals surface area contributed by atoms with E-state index in [-0.39, 0.29) is 18.0 Å². The van der Waals surface area contributed by atoms with Crippen LogP contribution in [0.25, 0.3) is 11.3 Å². The van der Waals surface area contributed by atoms with Gasteiger partial charge in [-0.3, -0.25) is 14.6 Å². The van der Waals surface area contributed by atoms with Crippen molar-refractivity contribution in [1.82, 2.24) is 20.1 Å². The fourth-order valence-corrected chi connectivity index (χ4v) is 2.60. The lowest BCUT2D eigenvalue weighted by Gasteiger charge is -2.08. The van der Waals surface area contributed by atoms with E-state index in [2.05, 4.69) is 27.5 Å². The molecule has 0 spiro atoms. The lowest BCUT2D eigenvalue weighted by molar-refractivity contribution is -0.121. The van der Waals surface area contributed by atoms with E-state index in [1.54, 1.807) is 30.6 Å². The maximum absolute atomic E-state index is 12.1. The van der Waals surface area contributed by atoms with E-state index < -0.39 is 0 Å². The molecule has 0 aliphatic heterocycles. The van der Waals surface area contributed by atoms with Crippen LogP contribution in [0.4, 0.5) is 0 Å². The average molecular weight is 348 g/mol. The summed E-state index contributed by atoms with van der Waals surface area (Å²) >= 11 is 0. The van der Waals surface area contributed by atoms with Gasteiger partial charge in [-0.15, -0.1) is 0 Å². The molecule has 132 valence electrons. The zero-order valence-corrected chi connectivity index (χ0v) is 14.3. The summed E-state index contributed by atoms with van der Waals surface area (Å²) < 4.78 is 1.18. The molecule has 0 unspecified atom stereocenters. The second kappa shape index (κ2) is 8.71. The molecule has 3 aromatic rings. The molecule has 6 heteroatoms. The topological polar surface area (TPSA) is 76.9 Å². The van der Waals surface area contributed by atoms with Gasteiger partial charge in [-0.1, -0.05) is 30.3 Å². The molecule has 0 fully saturated rings. The molecular formula is C20H20N4O2. The summed E-state index contributed by atoms with van der Waals surface area (Å²) in [5, 5.41) is 7.11. The Morgan fingerprint density at radius 1 is 1.00 bits per heavy atom. The van der Waals surface area contributed by atoms with Crippen LogP contribution in [0, 0.1) is 0 Å². The van der Waals surface area contributed by atoms with Crippen LogP contribution < -0.4 is 10.9 Å². The Labute approximate surface area is 151 Å². The molecule has 1 amide bonds. The second-order valence-electron chi connectivity index (χ2n) is 5.89. The molecule has 0 bridgehead atoms. The number of nitrogens with one attached hydrogen (secondary N) is 1. The van der Waals surface area contributed by atoms with Gasteiger partial charge in [0.15, 0.2) is 0 Å².